The zero-order chi connectivity index (χ0) is 16.0. The molecule has 9 heteroatoms. The molecule has 0 aromatic carbocycles. The van der Waals surface area contributed by atoms with Gasteiger partial charge < -0.3 is 23.5 Å². The first-order chi connectivity index (χ1) is 9.73. The second-order valence-corrected chi connectivity index (χ2v) is 7.20. The van der Waals surface area contributed by atoms with E-state index in [0.29, 0.717) is 6.61 Å². The Morgan fingerprint density at radius 2 is 1.86 bits per heavy atom. The van der Waals surface area contributed by atoms with Crippen LogP contribution in [0.15, 0.2) is 0 Å². The SMILES string of the molecule is CCOP(C)(=O)CO[C@@H]1CC(OC(C)=O)[C@H](OC(C)=O)O1. The summed E-state index contributed by atoms with van der Waals surface area (Å²) in [6, 6.07) is 0. The molecule has 0 radical (unpaired) electrons. The van der Waals surface area contributed by atoms with E-state index < -0.39 is 38.0 Å². The maximum atomic E-state index is 11.9. The molecule has 0 N–H and O–H groups in total. The van der Waals surface area contributed by atoms with Gasteiger partial charge in [0.1, 0.15) is 6.35 Å². The molecule has 1 aliphatic rings. The zero-order valence-electron chi connectivity index (χ0n) is 12.6. The maximum Gasteiger partial charge on any atom is 0.305 e. The maximum absolute atomic E-state index is 11.9. The number of rotatable bonds is 7. The first-order valence-corrected chi connectivity index (χ1v) is 8.82. The molecule has 1 aliphatic heterocycles. The molecule has 1 fully saturated rings. The summed E-state index contributed by atoms with van der Waals surface area (Å²) in [6.45, 7) is 5.97. The standard InChI is InChI=1S/C12H21O8P/c1-5-17-21(4,15)7-16-11-6-10(18-8(2)13)12(20-11)19-9(3)14/h10-12H,5-7H2,1-4H3/t10?,11-,12+,21?/m0/s1. The topological polar surface area (TPSA) is 97.4 Å². The van der Waals surface area contributed by atoms with E-state index in [1.54, 1.807) is 6.92 Å². The number of hydrogen-bond acceptors (Lipinski definition) is 8. The summed E-state index contributed by atoms with van der Waals surface area (Å²) in [5, 5.41) is 0. The Hall–Kier alpha value is -0.950. The fourth-order valence-corrected chi connectivity index (χ4v) is 2.87. The summed E-state index contributed by atoms with van der Waals surface area (Å²) in [5.74, 6) is -1.08. The number of carbonyl (C=O) groups is 2. The molecule has 0 aromatic rings. The molecule has 21 heavy (non-hydrogen) atoms. The van der Waals surface area contributed by atoms with E-state index in [2.05, 4.69) is 0 Å². The largest absolute Gasteiger partial charge is 0.456 e. The summed E-state index contributed by atoms with van der Waals surface area (Å²) < 4.78 is 37.6. The Morgan fingerprint density at radius 3 is 2.38 bits per heavy atom. The van der Waals surface area contributed by atoms with E-state index >= 15 is 0 Å². The van der Waals surface area contributed by atoms with Gasteiger partial charge in [0, 0.05) is 26.9 Å². The van der Waals surface area contributed by atoms with Crippen LogP contribution in [0.25, 0.3) is 0 Å². The van der Waals surface area contributed by atoms with Gasteiger partial charge in [-0.25, -0.2) is 0 Å². The van der Waals surface area contributed by atoms with Crippen molar-refractivity contribution in [2.45, 2.75) is 45.9 Å². The van der Waals surface area contributed by atoms with E-state index in [-0.39, 0.29) is 12.8 Å². The van der Waals surface area contributed by atoms with Gasteiger partial charge in [-0.05, 0) is 6.92 Å². The molecule has 122 valence electrons. The molecule has 0 bridgehead atoms. The van der Waals surface area contributed by atoms with Crippen molar-refractivity contribution in [2.75, 3.05) is 19.6 Å². The molecule has 0 amide bonds. The molecular formula is C12H21O8P. The summed E-state index contributed by atoms with van der Waals surface area (Å²) in [6.07, 6.45) is -2.51. The summed E-state index contributed by atoms with van der Waals surface area (Å²) in [4.78, 5) is 22.0. The third kappa shape index (κ3) is 6.56. The van der Waals surface area contributed by atoms with Crippen LogP contribution >= 0.6 is 7.37 Å². The van der Waals surface area contributed by atoms with Crippen LogP contribution in [-0.4, -0.2) is 50.2 Å². The van der Waals surface area contributed by atoms with Gasteiger partial charge in [0.2, 0.25) is 13.7 Å². The molecule has 1 heterocycles. The van der Waals surface area contributed by atoms with Crippen LogP contribution in [0.2, 0.25) is 0 Å². The Balaban J connectivity index is 2.56. The van der Waals surface area contributed by atoms with E-state index in [0.717, 1.165) is 0 Å². The van der Waals surface area contributed by atoms with Crippen LogP contribution in [0.1, 0.15) is 27.2 Å². The quantitative estimate of drug-likeness (QED) is 0.513. The zero-order valence-corrected chi connectivity index (χ0v) is 13.5. The summed E-state index contributed by atoms with van der Waals surface area (Å²) in [5.41, 5.74) is 0. The van der Waals surface area contributed by atoms with Crippen LogP contribution in [0.3, 0.4) is 0 Å². The van der Waals surface area contributed by atoms with E-state index in [1.165, 1.54) is 20.5 Å². The van der Waals surface area contributed by atoms with Crippen LogP contribution in [0.5, 0.6) is 0 Å². The Kier molecular flexibility index (Phi) is 6.80. The number of carbonyl (C=O) groups excluding carboxylic acids is 2. The van der Waals surface area contributed by atoms with Gasteiger partial charge in [0.05, 0.1) is 6.61 Å². The van der Waals surface area contributed by atoms with Crippen LogP contribution < -0.4 is 0 Å². The second-order valence-electron chi connectivity index (χ2n) is 4.65. The van der Waals surface area contributed by atoms with Gasteiger partial charge in [-0.3, -0.25) is 14.2 Å². The van der Waals surface area contributed by atoms with Gasteiger partial charge in [-0.15, -0.1) is 0 Å². The highest BCUT2D eigenvalue weighted by molar-refractivity contribution is 7.57. The van der Waals surface area contributed by atoms with E-state index in [1.807, 2.05) is 0 Å². The highest BCUT2D eigenvalue weighted by atomic mass is 31.2. The third-order valence-corrected chi connectivity index (χ3v) is 3.93. The highest BCUT2D eigenvalue weighted by Crippen LogP contribution is 2.43. The monoisotopic (exact) mass is 324 g/mol. The van der Waals surface area contributed by atoms with Gasteiger partial charge in [0.15, 0.2) is 12.4 Å². The van der Waals surface area contributed by atoms with Crippen molar-refractivity contribution in [3.63, 3.8) is 0 Å². The number of esters is 2. The van der Waals surface area contributed by atoms with Crippen molar-refractivity contribution in [1.29, 1.82) is 0 Å². The lowest BCUT2D eigenvalue weighted by molar-refractivity contribution is -0.217. The first-order valence-electron chi connectivity index (χ1n) is 6.56. The molecule has 0 aliphatic carbocycles. The predicted molar refractivity (Wildman–Crippen MR) is 71.7 cm³/mol. The molecule has 8 nitrogen and oxygen atoms in total. The number of ether oxygens (including phenoxy) is 4. The van der Waals surface area contributed by atoms with Crippen LogP contribution in [-0.2, 0) is 37.6 Å². The Bertz CT molecular complexity index is 399. The summed E-state index contributed by atoms with van der Waals surface area (Å²) >= 11 is 0. The van der Waals surface area contributed by atoms with Crippen molar-refractivity contribution in [1.82, 2.24) is 0 Å². The van der Waals surface area contributed by atoms with Gasteiger partial charge >= 0.3 is 11.9 Å². The lowest BCUT2D eigenvalue weighted by Crippen LogP contribution is -2.30. The van der Waals surface area contributed by atoms with Gasteiger partial charge in [-0.2, -0.15) is 0 Å². The average molecular weight is 324 g/mol. The van der Waals surface area contributed by atoms with Crippen molar-refractivity contribution in [3.05, 3.63) is 0 Å². The fraction of sp³-hybridized carbons (Fsp3) is 0.833. The van der Waals surface area contributed by atoms with Gasteiger partial charge in [-0.1, -0.05) is 0 Å². The highest BCUT2D eigenvalue weighted by Gasteiger charge is 2.41. The fourth-order valence-electron chi connectivity index (χ4n) is 1.81. The molecule has 0 spiro atoms. The minimum Gasteiger partial charge on any atom is -0.456 e. The van der Waals surface area contributed by atoms with Crippen molar-refractivity contribution in [3.8, 4) is 0 Å². The molecule has 0 aromatic heterocycles. The molecule has 1 saturated heterocycles. The predicted octanol–water partition coefficient (Wildman–Crippen LogP) is 1.47. The molecule has 2 unspecified atom stereocenters. The van der Waals surface area contributed by atoms with E-state index in [4.69, 9.17) is 23.5 Å². The van der Waals surface area contributed by atoms with Crippen LogP contribution in [0.4, 0.5) is 0 Å². The Labute approximate surface area is 123 Å². The minimum atomic E-state index is -2.86. The first kappa shape index (κ1) is 18.1. The van der Waals surface area contributed by atoms with Gasteiger partial charge in [0.25, 0.3) is 0 Å². The second kappa shape index (κ2) is 7.89. The average Bonchev–Trinajstić information content (AvgIpc) is 2.67. The van der Waals surface area contributed by atoms with Crippen molar-refractivity contribution < 1.29 is 37.6 Å². The molecule has 1 rings (SSSR count). The molecular weight excluding hydrogens is 303 g/mol. The summed E-state index contributed by atoms with van der Waals surface area (Å²) in [7, 11) is -2.86. The third-order valence-electron chi connectivity index (χ3n) is 2.51. The van der Waals surface area contributed by atoms with Crippen molar-refractivity contribution >= 4 is 19.3 Å². The molecule has 4 atom stereocenters. The smallest absolute Gasteiger partial charge is 0.305 e. The lowest BCUT2D eigenvalue weighted by Gasteiger charge is -2.18. The Morgan fingerprint density at radius 1 is 1.24 bits per heavy atom. The number of hydrogen-bond donors (Lipinski definition) is 0. The lowest BCUT2D eigenvalue weighted by atomic mass is 10.3. The van der Waals surface area contributed by atoms with Crippen molar-refractivity contribution in [2.24, 2.45) is 0 Å². The molecule has 0 saturated carbocycles. The minimum absolute atomic E-state index is 0.134. The van der Waals surface area contributed by atoms with Crippen LogP contribution in [0, 0.1) is 0 Å². The van der Waals surface area contributed by atoms with E-state index in [9.17, 15) is 14.2 Å². The normalized spacial score (nSPS) is 27.9.